The first kappa shape index (κ1) is 14.8. The van der Waals surface area contributed by atoms with Gasteiger partial charge in [-0.2, -0.15) is 0 Å². The summed E-state index contributed by atoms with van der Waals surface area (Å²) in [5.41, 5.74) is -0.543. The van der Waals surface area contributed by atoms with Crippen molar-refractivity contribution in [3.05, 3.63) is 53.0 Å². The van der Waals surface area contributed by atoms with Crippen LogP contribution in [0, 0.1) is 17.5 Å². The van der Waals surface area contributed by atoms with Gasteiger partial charge >= 0.3 is 5.97 Å². The second kappa shape index (κ2) is 5.82. The number of carboxylic acids is 1. The first-order valence-electron chi connectivity index (χ1n) is 6.07. The van der Waals surface area contributed by atoms with Gasteiger partial charge < -0.3 is 10.4 Å². The maximum absolute atomic E-state index is 13.6. The van der Waals surface area contributed by atoms with Crippen LogP contribution in [0.15, 0.2) is 24.3 Å². The van der Waals surface area contributed by atoms with Crippen molar-refractivity contribution in [2.75, 3.05) is 5.32 Å². The summed E-state index contributed by atoms with van der Waals surface area (Å²) in [4.78, 5) is 14.9. The Bertz CT molecular complexity index is 705. The molecule has 0 radical (unpaired) electrons. The molecule has 0 saturated carbocycles. The molecule has 110 valence electrons. The second-order valence-electron chi connectivity index (χ2n) is 4.22. The van der Waals surface area contributed by atoms with Crippen molar-refractivity contribution in [3.63, 3.8) is 0 Å². The first-order chi connectivity index (χ1) is 9.92. The van der Waals surface area contributed by atoms with Gasteiger partial charge in [0.1, 0.15) is 28.8 Å². The third-order valence-electron chi connectivity index (χ3n) is 2.80. The number of rotatable bonds is 4. The molecule has 1 heterocycles. The minimum Gasteiger partial charge on any atom is -0.478 e. The van der Waals surface area contributed by atoms with Crippen molar-refractivity contribution < 1.29 is 23.1 Å². The van der Waals surface area contributed by atoms with E-state index in [1.165, 1.54) is 0 Å². The zero-order chi connectivity index (χ0) is 15.6. The van der Waals surface area contributed by atoms with Crippen LogP contribution in [0.3, 0.4) is 0 Å². The zero-order valence-electron chi connectivity index (χ0n) is 11.0. The van der Waals surface area contributed by atoms with Crippen LogP contribution in [0.5, 0.6) is 0 Å². The number of aromatic carboxylic acids is 1. The van der Waals surface area contributed by atoms with Gasteiger partial charge in [0.2, 0.25) is 0 Å². The first-order valence-corrected chi connectivity index (χ1v) is 6.07. The fraction of sp³-hybridized carbons (Fsp3) is 0.143. The molecule has 0 aliphatic heterocycles. The van der Waals surface area contributed by atoms with Gasteiger partial charge in [-0.3, -0.25) is 0 Å². The lowest BCUT2D eigenvalue weighted by Crippen LogP contribution is -2.09. The molecule has 1 aromatic carbocycles. The Morgan fingerprint density at radius 2 is 1.95 bits per heavy atom. The Hall–Kier alpha value is -2.57. The van der Waals surface area contributed by atoms with E-state index in [1.54, 1.807) is 6.92 Å². The maximum Gasteiger partial charge on any atom is 0.339 e. The van der Waals surface area contributed by atoms with Crippen molar-refractivity contribution in [2.45, 2.75) is 13.3 Å². The minimum absolute atomic E-state index is 0.0463. The van der Waals surface area contributed by atoms with Crippen LogP contribution in [0.25, 0.3) is 0 Å². The van der Waals surface area contributed by atoms with Crippen LogP contribution in [0.2, 0.25) is 0 Å². The van der Waals surface area contributed by atoms with Crippen LogP contribution in [0.1, 0.15) is 23.0 Å². The number of aromatic nitrogens is 1. The predicted molar refractivity (Wildman–Crippen MR) is 70.2 cm³/mol. The smallest absolute Gasteiger partial charge is 0.339 e. The van der Waals surface area contributed by atoms with Crippen LogP contribution in [-0.2, 0) is 6.42 Å². The molecule has 0 aliphatic carbocycles. The van der Waals surface area contributed by atoms with E-state index in [2.05, 4.69) is 10.3 Å². The number of nitrogens with zero attached hydrogens (tertiary/aromatic N) is 1. The summed E-state index contributed by atoms with van der Waals surface area (Å²) in [5, 5.41) is 11.5. The van der Waals surface area contributed by atoms with Crippen molar-refractivity contribution in [1.82, 2.24) is 4.98 Å². The summed E-state index contributed by atoms with van der Waals surface area (Å²) in [6.45, 7) is 1.65. The van der Waals surface area contributed by atoms with E-state index in [9.17, 15) is 18.0 Å². The van der Waals surface area contributed by atoms with Crippen molar-refractivity contribution >= 4 is 17.5 Å². The SMILES string of the molecule is CCc1nc(Nc2ccc(F)cc2F)c(C(=O)O)cc1F. The number of hydrogen-bond acceptors (Lipinski definition) is 3. The molecule has 2 N–H and O–H groups in total. The number of halogens is 3. The van der Waals surface area contributed by atoms with Gasteiger partial charge in [-0.05, 0) is 24.6 Å². The molecule has 0 bridgehead atoms. The number of aryl methyl sites for hydroxylation is 1. The van der Waals surface area contributed by atoms with E-state index in [1.807, 2.05) is 0 Å². The monoisotopic (exact) mass is 296 g/mol. The molecule has 0 atom stereocenters. The molecule has 2 aromatic rings. The molecule has 0 unspecified atom stereocenters. The summed E-state index contributed by atoms with van der Waals surface area (Å²) < 4.78 is 40.0. The molecule has 1 aromatic heterocycles. The zero-order valence-corrected chi connectivity index (χ0v) is 11.0. The third-order valence-corrected chi connectivity index (χ3v) is 2.80. The van der Waals surface area contributed by atoms with Crippen LogP contribution in [-0.4, -0.2) is 16.1 Å². The number of hydrogen-bond donors (Lipinski definition) is 2. The largest absolute Gasteiger partial charge is 0.478 e. The number of nitrogens with one attached hydrogen (secondary N) is 1. The fourth-order valence-electron chi connectivity index (χ4n) is 1.75. The van der Waals surface area contributed by atoms with E-state index < -0.39 is 29.0 Å². The lowest BCUT2D eigenvalue weighted by atomic mass is 10.2. The van der Waals surface area contributed by atoms with Gasteiger partial charge in [-0.15, -0.1) is 0 Å². The summed E-state index contributed by atoms with van der Waals surface area (Å²) in [7, 11) is 0. The summed E-state index contributed by atoms with van der Waals surface area (Å²) in [5.74, 6) is -4.03. The molecule has 0 fully saturated rings. The van der Waals surface area contributed by atoms with Gasteiger partial charge in [-0.1, -0.05) is 6.92 Å². The molecule has 2 rings (SSSR count). The van der Waals surface area contributed by atoms with Gasteiger partial charge in [0.25, 0.3) is 0 Å². The number of anilines is 2. The Morgan fingerprint density at radius 1 is 1.24 bits per heavy atom. The van der Waals surface area contributed by atoms with E-state index in [0.29, 0.717) is 6.07 Å². The molecule has 0 amide bonds. The minimum atomic E-state index is -1.41. The Balaban J connectivity index is 2.49. The molecule has 21 heavy (non-hydrogen) atoms. The number of carboxylic acid groups (broad SMARTS) is 1. The Kier molecular flexibility index (Phi) is 4.11. The lowest BCUT2D eigenvalue weighted by Gasteiger charge is -2.11. The van der Waals surface area contributed by atoms with E-state index in [0.717, 1.165) is 18.2 Å². The van der Waals surface area contributed by atoms with Crippen LogP contribution in [0.4, 0.5) is 24.7 Å². The topological polar surface area (TPSA) is 62.2 Å². The molecule has 4 nitrogen and oxygen atoms in total. The summed E-state index contributed by atoms with van der Waals surface area (Å²) in [6.07, 6.45) is 0.242. The average Bonchev–Trinajstić information content (AvgIpc) is 2.42. The highest BCUT2D eigenvalue weighted by atomic mass is 19.1. The number of carbonyl (C=O) groups is 1. The quantitative estimate of drug-likeness (QED) is 0.906. The van der Waals surface area contributed by atoms with Gasteiger partial charge in [0.15, 0.2) is 0 Å². The van der Waals surface area contributed by atoms with E-state index >= 15 is 0 Å². The molecular weight excluding hydrogens is 285 g/mol. The molecule has 7 heteroatoms. The molecule has 0 saturated heterocycles. The van der Waals surface area contributed by atoms with Crippen molar-refractivity contribution in [3.8, 4) is 0 Å². The fourth-order valence-corrected chi connectivity index (χ4v) is 1.75. The van der Waals surface area contributed by atoms with Crippen molar-refractivity contribution in [2.24, 2.45) is 0 Å². The highest BCUT2D eigenvalue weighted by Gasteiger charge is 2.17. The Morgan fingerprint density at radius 3 is 2.52 bits per heavy atom. The average molecular weight is 296 g/mol. The van der Waals surface area contributed by atoms with Gasteiger partial charge in [-0.25, -0.2) is 22.9 Å². The highest BCUT2D eigenvalue weighted by Crippen LogP contribution is 2.24. The molecular formula is C14H11F3N2O2. The van der Waals surface area contributed by atoms with Gasteiger partial charge in [0, 0.05) is 6.07 Å². The van der Waals surface area contributed by atoms with Crippen LogP contribution < -0.4 is 5.32 Å². The standard InChI is InChI=1S/C14H11F3N2O2/c1-2-11-10(17)6-8(14(20)21)13(18-11)19-12-4-3-7(15)5-9(12)16/h3-6H,2H2,1H3,(H,18,19)(H,20,21). The van der Waals surface area contributed by atoms with E-state index in [-0.39, 0.29) is 23.6 Å². The van der Waals surface area contributed by atoms with Crippen molar-refractivity contribution in [1.29, 1.82) is 0 Å². The summed E-state index contributed by atoms with van der Waals surface area (Å²) >= 11 is 0. The van der Waals surface area contributed by atoms with E-state index in [4.69, 9.17) is 5.11 Å². The molecule has 0 spiro atoms. The second-order valence-corrected chi connectivity index (χ2v) is 4.22. The maximum atomic E-state index is 13.6. The van der Waals surface area contributed by atoms with Gasteiger partial charge in [0.05, 0.1) is 11.4 Å². The predicted octanol–water partition coefficient (Wildman–Crippen LogP) is 3.50. The van der Waals surface area contributed by atoms with Crippen LogP contribution >= 0.6 is 0 Å². The number of benzene rings is 1. The summed E-state index contributed by atoms with van der Waals surface area (Å²) in [6, 6.07) is 3.58. The normalized spacial score (nSPS) is 10.5. The highest BCUT2D eigenvalue weighted by molar-refractivity contribution is 5.94. The Labute approximate surface area is 118 Å². The third kappa shape index (κ3) is 3.13. The number of pyridine rings is 1. The lowest BCUT2D eigenvalue weighted by molar-refractivity contribution is 0.0697. The molecule has 0 aliphatic rings.